The molecule has 2 heterocycles. The number of rotatable bonds is 14. The molecule has 278 valence electrons. The van der Waals surface area contributed by atoms with Crippen LogP contribution in [0.3, 0.4) is 0 Å². The van der Waals surface area contributed by atoms with Crippen LogP contribution in [-0.2, 0) is 42.9 Å². The number of halogens is 1. The van der Waals surface area contributed by atoms with E-state index in [9.17, 15) is 19.2 Å². The number of carbonyl (C=O) groups excluding carboxylic acids is 5. The summed E-state index contributed by atoms with van der Waals surface area (Å²) < 4.78 is 34.2. The van der Waals surface area contributed by atoms with Crippen molar-refractivity contribution in [3.63, 3.8) is 0 Å². The number of esters is 3. The number of amides is 1. The number of hydrogen-bond donors (Lipinski definition) is 0. The molecular formula is C37H47ClN2O11. The van der Waals surface area contributed by atoms with E-state index in [2.05, 4.69) is 0 Å². The number of carbonyl (C=O) groups is 5. The van der Waals surface area contributed by atoms with Crippen LogP contribution in [0.4, 0.5) is 5.69 Å². The van der Waals surface area contributed by atoms with Gasteiger partial charge in [0.2, 0.25) is 0 Å². The first-order valence-electron chi connectivity index (χ1n) is 16.9. The normalized spacial score (nSPS) is 20.9. The highest BCUT2D eigenvalue weighted by atomic mass is 35.5. The summed E-state index contributed by atoms with van der Waals surface area (Å²) in [5, 5.41) is 3.72. The molecule has 2 aromatic rings. The summed E-state index contributed by atoms with van der Waals surface area (Å²) in [6.45, 7) is 7.87. The fraction of sp³-hybridized carbons (Fsp3) is 0.541. The number of hydrazine groups is 1. The average Bonchev–Trinajstić information content (AvgIpc) is 3.19. The molecule has 4 atom stereocenters. The molecule has 1 saturated heterocycles. The van der Waals surface area contributed by atoms with E-state index in [0.717, 1.165) is 0 Å². The average molecular weight is 731 g/mol. The van der Waals surface area contributed by atoms with Crippen LogP contribution in [0.1, 0.15) is 71.1 Å². The van der Waals surface area contributed by atoms with Crippen molar-refractivity contribution < 1.29 is 52.4 Å². The highest BCUT2D eigenvalue weighted by Crippen LogP contribution is 2.47. The SMILES string of the molecule is CCOC(=O)CC1CCN(N2C(=O)[C@@H](CC(C)(COC(C)=O)COC(C)=O)O[C@H](c3cccc(OC)c3OC)c3cc(Cl)ccc32)CC1C(C)=O. The second-order valence-electron chi connectivity index (χ2n) is 13.2. The zero-order chi connectivity index (χ0) is 37.5. The van der Waals surface area contributed by atoms with Gasteiger partial charge in [-0.3, -0.25) is 24.0 Å². The van der Waals surface area contributed by atoms with Crippen molar-refractivity contribution in [2.45, 2.75) is 66.1 Å². The first kappa shape index (κ1) is 39.6. The predicted molar refractivity (Wildman–Crippen MR) is 186 cm³/mol. The van der Waals surface area contributed by atoms with E-state index >= 15 is 4.79 Å². The number of fused-ring (bicyclic) bond motifs is 1. The van der Waals surface area contributed by atoms with E-state index in [-0.39, 0.29) is 56.9 Å². The third-order valence-corrected chi connectivity index (χ3v) is 9.44. The number of Topliss-reactive ketones (excluding diaryl/α,β-unsaturated/α-hetero) is 1. The van der Waals surface area contributed by atoms with Gasteiger partial charge in [-0.1, -0.05) is 30.7 Å². The topological polar surface area (TPSA) is 147 Å². The van der Waals surface area contributed by atoms with E-state index in [1.54, 1.807) is 55.3 Å². The van der Waals surface area contributed by atoms with Crippen LogP contribution in [0.15, 0.2) is 36.4 Å². The van der Waals surface area contributed by atoms with Crippen LogP contribution in [0.25, 0.3) is 0 Å². The molecule has 2 aliphatic rings. The lowest BCUT2D eigenvalue weighted by Gasteiger charge is -2.43. The first-order valence-corrected chi connectivity index (χ1v) is 17.3. The van der Waals surface area contributed by atoms with Gasteiger partial charge >= 0.3 is 17.9 Å². The van der Waals surface area contributed by atoms with Crippen LogP contribution in [0, 0.1) is 17.3 Å². The minimum atomic E-state index is -1.21. The van der Waals surface area contributed by atoms with Gasteiger partial charge < -0.3 is 28.4 Å². The Bertz CT molecular complexity index is 1600. The number of ketones is 1. The van der Waals surface area contributed by atoms with Gasteiger partial charge in [0.1, 0.15) is 18.0 Å². The van der Waals surface area contributed by atoms with Crippen molar-refractivity contribution in [2.75, 3.05) is 52.1 Å². The molecule has 0 saturated carbocycles. The molecule has 0 aromatic heterocycles. The van der Waals surface area contributed by atoms with Crippen LogP contribution < -0.4 is 14.5 Å². The highest BCUT2D eigenvalue weighted by molar-refractivity contribution is 6.30. The number of methoxy groups -OCH3 is 2. The number of piperidine rings is 1. The minimum absolute atomic E-state index is 0.0388. The second-order valence-corrected chi connectivity index (χ2v) is 13.6. The number of ether oxygens (including phenoxy) is 6. The monoisotopic (exact) mass is 730 g/mol. The molecule has 0 bridgehead atoms. The molecular weight excluding hydrogens is 684 g/mol. The summed E-state index contributed by atoms with van der Waals surface area (Å²) in [6.07, 6.45) is -1.66. The molecule has 0 radical (unpaired) electrons. The molecule has 2 aliphatic heterocycles. The first-order chi connectivity index (χ1) is 24.2. The molecule has 2 unspecified atom stereocenters. The van der Waals surface area contributed by atoms with E-state index in [1.165, 1.54) is 40.0 Å². The Morgan fingerprint density at radius 3 is 2.24 bits per heavy atom. The van der Waals surface area contributed by atoms with Crippen molar-refractivity contribution in [1.29, 1.82) is 0 Å². The lowest BCUT2D eigenvalue weighted by atomic mass is 9.81. The number of para-hydroxylation sites is 1. The van der Waals surface area contributed by atoms with Gasteiger partial charge in [0, 0.05) is 60.8 Å². The van der Waals surface area contributed by atoms with Gasteiger partial charge in [-0.2, -0.15) is 0 Å². The van der Waals surface area contributed by atoms with Gasteiger partial charge in [-0.25, -0.2) is 10.0 Å². The summed E-state index contributed by atoms with van der Waals surface area (Å²) in [7, 11) is 3.02. The summed E-state index contributed by atoms with van der Waals surface area (Å²) >= 11 is 6.61. The zero-order valence-corrected chi connectivity index (χ0v) is 30.9. The van der Waals surface area contributed by atoms with Gasteiger partial charge in [0.25, 0.3) is 5.91 Å². The molecule has 0 N–H and O–H groups in total. The molecule has 2 aromatic carbocycles. The number of nitrogens with zero attached hydrogens (tertiary/aromatic N) is 2. The molecule has 13 nitrogen and oxygen atoms in total. The molecule has 4 rings (SSSR count). The van der Waals surface area contributed by atoms with Gasteiger partial charge in [0.05, 0.1) is 39.7 Å². The van der Waals surface area contributed by atoms with Crippen molar-refractivity contribution in [2.24, 2.45) is 17.3 Å². The molecule has 1 amide bonds. The smallest absolute Gasteiger partial charge is 0.306 e. The molecule has 1 fully saturated rings. The Kier molecular flexibility index (Phi) is 13.5. The summed E-state index contributed by atoms with van der Waals surface area (Å²) in [4.78, 5) is 64.4. The maximum Gasteiger partial charge on any atom is 0.306 e. The Morgan fingerprint density at radius 2 is 1.65 bits per heavy atom. The maximum absolute atomic E-state index is 15.0. The Hall–Kier alpha value is -4.20. The van der Waals surface area contributed by atoms with Crippen molar-refractivity contribution >= 4 is 46.9 Å². The van der Waals surface area contributed by atoms with E-state index in [0.29, 0.717) is 46.3 Å². The Balaban J connectivity index is 1.88. The Labute approximate surface area is 303 Å². The fourth-order valence-electron chi connectivity index (χ4n) is 6.73. The zero-order valence-electron chi connectivity index (χ0n) is 30.2. The predicted octanol–water partition coefficient (Wildman–Crippen LogP) is 5.10. The molecule has 0 spiro atoms. The lowest BCUT2D eigenvalue weighted by molar-refractivity contribution is -0.155. The van der Waals surface area contributed by atoms with Crippen molar-refractivity contribution in [1.82, 2.24) is 5.01 Å². The lowest BCUT2D eigenvalue weighted by Crippen LogP contribution is -2.57. The van der Waals surface area contributed by atoms with Crippen LogP contribution in [0.2, 0.25) is 5.02 Å². The minimum Gasteiger partial charge on any atom is -0.493 e. The summed E-state index contributed by atoms with van der Waals surface area (Å²) in [5.74, 6) is -2.06. The molecule has 51 heavy (non-hydrogen) atoms. The van der Waals surface area contributed by atoms with Crippen LogP contribution in [0.5, 0.6) is 11.5 Å². The third-order valence-electron chi connectivity index (χ3n) is 9.20. The molecule has 0 aliphatic carbocycles. The summed E-state index contributed by atoms with van der Waals surface area (Å²) in [5.41, 5.74) is 0.500. The van der Waals surface area contributed by atoms with Gasteiger partial charge in [-0.15, -0.1) is 0 Å². The fourth-order valence-corrected chi connectivity index (χ4v) is 6.91. The quantitative estimate of drug-likeness (QED) is 0.188. The highest BCUT2D eigenvalue weighted by Gasteiger charge is 2.46. The number of anilines is 1. The van der Waals surface area contributed by atoms with E-state index in [4.69, 9.17) is 40.0 Å². The largest absolute Gasteiger partial charge is 0.493 e. The second kappa shape index (κ2) is 17.3. The standard InChI is InChI=1S/C37H47ClN2O11/c1-8-48-33(44)16-25-14-15-39(19-29(25)22(2)41)40-30-13-12-26(38)17-28(30)34(27-10-9-11-31(46-6)35(27)47-7)51-32(36(40)45)18-37(5,20-49-23(3)42)21-50-24(4)43/h9-13,17,25,29,32,34H,8,14-16,18-21H2,1-7H3/t25?,29?,32-,34-/m1/s1. The van der Waals surface area contributed by atoms with E-state index < -0.39 is 41.4 Å². The Morgan fingerprint density at radius 1 is 0.961 bits per heavy atom. The van der Waals surface area contributed by atoms with Gasteiger partial charge in [-0.05, 0) is 56.9 Å². The maximum atomic E-state index is 15.0. The third kappa shape index (κ3) is 9.57. The molecule has 14 heteroatoms. The summed E-state index contributed by atoms with van der Waals surface area (Å²) in [6, 6.07) is 10.4. The number of hydrogen-bond acceptors (Lipinski definition) is 12. The van der Waals surface area contributed by atoms with Crippen LogP contribution >= 0.6 is 11.6 Å². The van der Waals surface area contributed by atoms with Crippen molar-refractivity contribution in [3.8, 4) is 11.5 Å². The van der Waals surface area contributed by atoms with Crippen LogP contribution in [-0.4, -0.2) is 87.8 Å². The van der Waals surface area contributed by atoms with Crippen molar-refractivity contribution in [3.05, 3.63) is 52.5 Å². The van der Waals surface area contributed by atoms with Gasteiger partial charge in [0.15, 0.2) is 11.5 Å². The number of benzene rings is 2. The van der Waals surface area contributed by atoms with E-state index in [1.807, 2.05) is 0 Å².